The van der Waals surface area contributed by atoms with E-state index in [1.165, 1.54) is 38.2 Å². The molecule has 0 bridgehead atoms. The molecule has 0 aliphatic heterocycles. The molecule has 2 aromatic rings. The van der Waals surface area contributed by atoms with Crippen LogP contribution in [0.2, 0.25) is 0 Å². The number of amides is 2. The Hall–Kier alpha value is -2.70. The van der Waals surface area contributed by atoms with E-state index in [1.807, 2.05) is 26.0 Å². The summed E-state index contributed by atoms with van der Waals surface area (Å²) in [5.74, 6) is 0.936. The summed E-state index contributed by atoms with van der Waals surface area (Å²) in [6, 6.07) is 9.88. The summed E-state index contributed by atoms with van der Waals surface area (Å²) in [5, 5.41) is 5.20. The zero-order valence-electron chi connectivity index (χ0n) is 18.8. The van der Waals surface area contributed by atoms with Crippen LogP contribution < -0.4 is 15.4 Å². The van der Waals surface area contributed by atoms with E-state index in [-0.39, 0.29) is 17.5 Å². The van der Waals surface area contributed by atoms with Crippen molar-refractivity contribution in [3.05, 3.63) is 47.7 Å². The molecule has 170 valence electrons. The molecule has 7 heteroatoms. The molecule has 1 aliphatic carbocycles. The van der Waals surface area contributed by atoms with Gasteiger partial charge in [-0.25, -0.2) is 9.78 Å². The third-order valence-electron chi connectivity index (χ3n) is 5.17. The average molecular weight is 434 g/mol. The normalized spacial score (nSPS) is 14.1. The number of pyridine rings is 1. The number of rotatable bonds is 5. The van der Waals surface area contributed by atoms with Crippen molar-refractivity contribution in [1.82, 2.24) is 4.98 Å². The van der Waals surface area contributed by atoms with Gasteiger partial charge < -0.3 is 15.4 Å². The van der Waals surface area contributed by atoms with Gasteiger partial charge >= 0.3 is 12.6 Å². The molecule has 2 amide bonds. The fraction of sp³-hybridized carbons (Fsp3) is 0.500. The number of carbonyl (C=O) groups excluding carboxylic acids is 1. The Morgan fingerprint density at radius 1 is 1.03 bits per heavy atom. The fourth-order valence-electron chi connectivity index (χ4n) is 3.50. The maximum atomic E-state index is 12.5. The number of anilines is 2. The average Bonchev–Trinajstić information content (AvgIpc) is 2.71. The number of alkyl halides is 2. The summed E-state index contributed by atoms with van der Waals surface area (Å²) in [4.78, 5) is 16.1. The smallest absolute Gasteiger partial charge is 0.388 e. The highest BCUT2D eigenvalue weighted by Crippen LogP contribution is 2.26. The van der Waals surface area contributed by atoms with Gasteiger partial charge in [0.15, 0.2) is 0 Å². The van der Waals surface area contributed by atoms with Gasteiger partial charge in [0.25, 0.3) is 0 Å². The molecule has 0 radical (unpaired) electrons. The SMILES string of the molecule is CC1CCCCC1.Cc1ccc(NC(=O)Nc2ccccc2C(C)C)c(OC(F)F)n1. The predicted octanol–water partition coefficient (Wildman–Crippen LogP) is 7.35. The number of ether oxygens (including phenoxy) is 1. The van der Waals surface area contributed by atoms with Gasteiger partial charge in [-0.15, -0.1) is 0 Å². The van der Waals surface area contributed by atoms with Crippen LogP contribution >= 0.6 is 0 Å². The number of carbonyl (C=O) groups is 1. The van der Waals surface area contributed by atoms with Gasteiger partial charge in [-0.3, -0.25) is 0 Å². The van der Waals surface area contributed by atoms with Gasteiger partial charge in [0.1, 0.15) is 5.69 Å². The van der Waals surface area contributed by atoms with E-state index in [9.17, 15) is 13.6 Å². The van der Waals surface area contributed by atoms with Crippen molar-refractivity contribution in [3.8, 4) is 5.88 Å². The second kappa shape index (κ2) is 12.2. The minimum absolute atomic E-state index is 0.0698. The first-order chi connectivity index (χ1) is 14.8. The summed E-state index contributed by atoms with van der Waals surface area (Å²) in [7, 11) is 0. The first kappa shape index (κ1) is 24.6. The van der Waals surface area contributed by atoms with Crippen molar-refractivity contribution in [1.29, 1.82) is 0 Å². The lowest BCUT2D eigenvalue weighted by Gasteiger charge is -2.15. The molecule has 0 atom stereocenters. The molecule has 2 N–H and O–H groups in total. The first-order valence-electron chi connectivity index (χ1n) is 10.9. The molecule has 1 aromatic carbocycles. The van der Waals surface area contributed by atoms with Crippen LogP contribution in [0, 0.1) is 12.8 Å². The van der Waals surface area contributed by atoms with Crippen molar-refractivity contribution in [2.75, 3.05) is 10.6 Å². The van der Waals surface area contributed by atoms with Crippen molar-refractivity contribution in [2.45, 2.75) is 72.3 Å². The van der Waals surface area contributed by atoms with Crippen molar-refractivity contribution in [2.24, 2.45) is 5.92 Å². The predicted molar refractivity (Wildman–Crippen MR) is 121 cm³/mol. The number of urea groups is 1. The van der Waals surface area contributed by atoms with Crippen molar-refractivity contribution in [3.63, 3.8) is 0 Å². The van der Waals surface area contributed by atoms with Crippen LogP contribution in [0.1, 0.15) is 70.1 Å². The lowest BCUT2D eigenvalue weighted by Crippen LogP contribution is -2.21. The molecule has 1 fully saturated rings. The van der Waals surface area contributed by atoms with E-state index in [0.717, 1.165) is 11.5 Å². The molecule has 5 nitrogen and oxygen atoms in total. The van der Waals surface area contributed by atoms with Gasteiger partial charge in [0.05, 0.1) is 0 Å². The van der Waals surface area contributed by atoms with Crippen LogP contribution in [-0.2, 0) is 0 Å². The quantitative estimate of drug-likeness (QED) is 0.518. The third kappa shape index (κ3) is 8.52. The number of hydrogen-bond donors (Lipinski definition) is 2. The molecule has 1 aliphatic rings. The number of aromatic nitrogens is 1. The number of nitrogens with zero attached hydrogens (tertiary/aromatic N) is 1. The third-order valence-corrected chi connectivity index (χ3v) is 5.17. The Morgan fingerprint density at radius 3 is 2.26 bits per heavy atom. The molecule has 0 saturated heterocycles. The standard InChI is InChI=1S/C17H19F2N3O2.C7H14/c1-10(2)12-6-4-5-7-13(12)21-17(23)22-14-9-8-11(3)20-15(14)24-16(18)19;1-7-5-3-2-4-6-7/h4-10,16H,1-3H3,(H2,21,22,23);7H,2-6H2,1H3. The van der Waals surface area contributed by atoms with E-state index >= 15 is 0 Å². The van der Waals surface area contributed by atoms with Crippen LogP contribution in [0.4, 0.5) is 25.0 Å². The molecular formula is C24H33F2N3O2. The molecular weight excluding hydrogens is 400 g/mol. The Morgan fingerprint density at radius 2 is 1.68 bits per heavy atom. The summed E-state index contributed by atoms with van der Waals surface area (Å²) >= 11 is 0. The van der Waals surface area contributed by atoms with Crippen LogP contribution in [0.3, 0.4) is 0 Å². The molecule has 31 heavy (non-hydrogen) atoms. The molecule has 0 spiro atoms. The number of benzene rings is 1. The molecule has 1 saturated carbocycles. The summed E-state index contributed by atoms with van der Waals surface area (Å²) in [5.41, 5.74) is 2.20. The Labute approximate surface area is 183 Å². The number of hydrogen-bond acceptors (Lipinski definition) is 3. The largest absolute Gasteiger partial charge is 0.415 e. The van der Waals surface area contributed by atoms with Gasteiger partial charge in [-0.05, 0) is 42.5 Å². The first-order valence-corrected chi connectivity index (χ1v) is 10.9. The van der Waals surface area contributed by atoms with E-state index in [2.05, 4.69) is 27.3 Å². The maximum absolute atomic E-state index is 12.5. The van der Waals surface area contributed by atoms with Gasteiger partial charge in [0.2, 0.25) is 5.88 Å². The molecule has 1 heterocycles. The number of halogens is 2. The zero-order chi connectivity index (χ0) is 22.8. The highest BCUT2D eigenvalue weighted by Gasteiger charge is 2.15. The molecule has 3 rings (SSSR count). The van der Waals surface area contributed by atoms with Crippen LogP contribution in [0.15, 0.2) is 36.4 Å². The van der Waals surface area contributed by atoms with E-state index in [4.69, 9.17) is 0 Å². The van der Waals surface area contributed by atoms with E-state index in [1.54, 1.807) is 25.1 Å². The Kier molecular flexibility index (Phi) is 9.69. The van der Waals surface area contributed by atoms with Gasteiger partial charge in [-0.2, -0.15) is 8.78 Å². The summed E-state index contributed by atoms with van der Waals surface area (Å²) < 4.78 is 29.3. The highest BCUT2D eigenvalue weighted by atomic mass is 19.3. The lowest BCUT2D eigenvalue weighted by molar-refractivity contribution is -0.0523. The van der Waals surface area contributed by atoms with Crippen LogP contribution in [0.25, 0.3) is 0 Å². The maximum Gasteiger partial charge on any atom is 0.388 e. The van der Waals surface area contributed by atoms with Crippen LogP contribution in [0.5, 0.6) is 5.88 Å². The number of para-hydroxylation sites is 1. The van der Waals surface area contributed by atoms with Gasteiger partial charge in [-0.1, -0.05) is 71.1 Å². The summed E-state index contributed by atoms with van der Waals surface area (Å²) in [6.45, 7) is 5.00. The van der Waals surface area contributed by atoms with Crippen molar-refractivity contribution >= 4 is 17.4 Å². The van der Waals surface area contributed by atoms with E-state index < -0.39 is 12.6 Å². The molecule has 1 aromatic heterocycles. The Balaban J connectivity index is 0.000000412. The minimum Gasteiger partial charge on any atom is -0.415 e. The Bertz CT molecular complexity index is 837. The second-order valence-corrected chi connectivity index (χ2v) is 8.25. The summed E-state index contributed by atoms with van der Waals surface area (Å²) in [6.07, 6.45) is 7.44. The van der Waals surface area contributed by atoms with Gasteiger partial charge in [0, 0.05) is 11.4 Å². The van der Waals surface area contributed by atoms with Crippen LogP contribution in [-0.4, -0.2) is 17.6 Å². The second-order valence-electron chi connectivity index (χ2n) is 8.25. The topological polar surface area (TPSA) is 63.2 Å². The monoisotopic (exact) mass is 433 g/mol. The highest BCUT2D eigenvalue weighted by molar-refractivity contribution is 6.01. The minimum atomic E-state index is -3.02. The molecule has 0 unspecified atom stereocenters. The zero-order valence-corrected chi connectivity index (χ0v) is 18.8. The van der Waals surface area contributed by atoms with Crippen molar-refractivity contribution < 1.29 is 18.3 Å². The van der Waals surface area contributed by atoms with E-state index in [0.29, 0.717) is 11.4 Å². The lowest BCUT2D eigenvalue weighted by atomic mass is 9.91. The number of aryl methyl sites for hydroxylation is 1. The fourth-order valence-corrected chi connectivity index (χ4v) is 3.50. The number of nitrogens with one attached hydrogen (secondary N) is 2.